The second kappa shape index (κ2) is 9.64. The SMILES string of the molecule is N=S(=O)(N[C@@H]1COC[C@@H](n2c3ccc(Cl)cc3c3cc(Cl)ccc32)[C@@H]1O)c1ccc(OC(F)(F)F)cc1. The lowest BCUT2D eigenvalue weighted by atomic mass is 10.0. The minimum absolute atomic E-state index is 0.0302. The highest BCUT2D eigenvalue weighted by Crippen LogP contribution is 2.37. The highest BCUT2D eigenvalue weighted by atomic mass is 35.5. The number of rotatable bonds is 5. The molecule has 1 fully saturated rings. The smallest absolute Gasteiger partial charge is 0.406 e. The van der Waals surface area contributed by atoms with Crippen molar-refractivity contribution >= 4 is 54.9 Å². The average Bonchev–Trinajstić information content (AvgIpc) is 3.12. The van der Waals surface area contributed by atoms with Crippen molar-refractivity contribution in [1.82, 2.24) is 9.29 Å². The Balaban J connectivity index is 1.45. The molecule has 2 heterocycles. The fourth-order valence-corrected chi connectivity index (χ4v) is 6.21. The van der Waals surface area contributed by atoms with Gasteiger partial charge in [0.2, 0.25) is 0 Å². The molecule has 7 nitrogen and oxygen atoms in total. The first-order chi connectivity index (χ1) is 17.4. The summed E-state index contributed by atoms with van der Waals surface area (Å²) in [5.41, 5.74) is 1.56. The number of fused-ring (bicyclic) bond motifs is 3. The number of halogens is 5. The first kappa shape index (κ1) is 26.1. The lowest BCUT2D eigenvalue weighted by molar-refractivity contribution is -0.274. The molecule has 3 N–H and O–H groups in total. The fraction of sp³-hybridized carbons (Fsp3) is 0.250. The highest BCUT2D eigenvalue weighted by Gasteiger charge is 2.37. The zero-order chi connectivity index (χ0) is 26.5. The standard InChI is InChI=1S/C24H20Cl2F3N3O4S/c25-13-1-7-20-17(9-13)18-10-14(26)2-8-21(18)32(20)22-12-35-11-19(23(22)33)31-37(30,34)16-5-3-15(4-6-16)36-24(27,28)29/h1-10,19,22-23,33H,11-12H2,(H2,30,31,34)/t19-,22-,23-,37?/m1/s1. The van der Waals surface area contributed by atoms with E-state index in [1.54, 1.807) is 24.3 Å². The van der Waals surface area contributed by atoms with Crippen LogP contribution in [0.2, 0.25) is 10.0 Å². The van der Waals surface area contributed by atoms with Gasteiger partial charge in [0.25, 0.3) is 0 Å². The van der Waals surface area contributed by atoms with Gasteiger partial charge in [0.05, 0.1) is 36.3 Å². The summed E-state index contributed by atoms with van der Waals surface area (Å²) in [5.74, 6) is -0.501. The van der Waals surface area contributed by atoms with E-state index in [9.17, 15) is 22.5 Å². The highest BCUT2D eigenvalue weighted by molar-refractivity contribution is 7.90. The summed E-state index contributed by atoms with van der Waals surface area (Å²) in [5, 5.41) is 14.1. The summed E-state index contributed by atoms with van der Waals surface area (Å²) in [4.78, 5) is -0.0718. The van der Waals surface area contributed by atoms with Crippen molar-refractivity contribution in [2.75, 3.05) is 13.2 Å². The lowest BCUT2D eigenvalue weighted by Gasteiger charge is -2.37. The summed E-state index contributed by atoms with van der Waals surface area (Å²) < 4.78 is 72.9. The van der Waals surface area contributed by atoms with Crippen molar-refractivity contribution in [2.24, 2.45) is 0 Å². The van der Waals surface area contributed by atoms with E-state index in [0.717, 1.165) is 46.1 Å². The van der Waals surface area contributed by atoms with E-state index in [1.807, 2.05) is 16.7 Å². The van der Waals surface area contributed by atoms with Gasteiger partial charge in [-0.25, -0.2) is 13.7 Å². The van der Waals surface area contributed by atoms with Crippen molar-refractivity contribution in [2.45, 2.75) is 29.4 Å². The number of nitrogens with zero attached hydrogens (tertiary/aromatic N) is 1. The third kappa shape index (κ3) is 5.25. The molecule has 1 aliphatic rings. The molecule has 37 heavy (non-hydrogen) atoms. The summed E-state index contributed by atoms with van der Waals surface area (Å²) >= 11 is 12.5. The molecule has 3 aromatic carbocycles. The molecule has 0 bridgehead atoms. The van der Waals surface area contributed by atoms with E-state index in [0.29, 0.717) is 10.0 Å². The monoisotopic (exact) mass is 573 g/mol. The van der Waals surface area contributed by atoms with Crippen molar-refractivity contribution in [1.29, 1.82) is 4.78 Å². The Kier molecular flexibility index (Phi) is 6.80. The van der Waals surface area contributed by atoms with Crippen LogP contribution >= 0.6 is 23.2 Å². The summed E-state index contributed by atoms with van der Waals surface area (Å²) in [6.45, 7) is 0.115. The first-order valence-electron chi connectivity index (χ1n) is 11.0. The molecule has 4 aromatic rings. The van der Waals surface area contributed by atoms with Gasteiger partial charge < -0.3 is 19.1 Å². The molecule has 0 spiro atoms. The van der Waals surface area contributed by atoms with Crippen molar-refractivity contribution < 1.29 is 32.0 Å². The van der Waals surface area contributed by atoms with Crippen LogP contribution in [0.25, 0.3) is 21.8 Å². The van der Waals surface area contributed by atoms with Gasteiger partial charge in [-0.3, -0.25) is 0 Å². The zero-order valence-electron chi connectivity index (χ0n) is 18.8. The largest absolute Gasteiger partial charge is 0.573 e. The number of alkyl halides is 3. The van der Waals surface area contributed by atoms with Crippen LogP contribution in [0.5, 0.6) is 5.75 Å². The maximum Gasteiger partial charge on any atom is 0.573 e. The van der Waals surface area contributed by atoms with Crippen molar-refractivity contribution in [3.05, 3.63) is 70.7 Å². The molecule has 0 radical (unpaired) electrons. The molecule has 1 aliphatic heterocycles. The molecule has 5 rings (SSSR count). The summed E-state index contributed by atoms with van der Waals surface area (Å²) in [6.07, 6.45) is -6.00. The Labute approximate surface area is 219 Å². The predicted octanol–water partition coefficient (Wildman–Crippen LogP) is 5.91. The maximum absolute atomic E-state index is 13.2. The Bertz CT molecular complexity index is 1520. The van der Waals surface area contributed by atoms with E-state index in [1.165, 1.54) is 0 Å². The Hall–Kier alpha value is -2.54. The number of hydrogen-bond acceptors (Lipinski definition) is 5. The molecule has 13 heteroatoms. The number of aromatic nitrogens is 1. The zero-order valence-corrected chi connectivity index (χ0v) is 21.2. The van der Waals surface area contributed by atoms with Crippen LogP contribution in [-0.2, 0) is 14.7 Å². The van der Waals surface area contributed by atoms with E-state index < -0.39 is 40.2 Å². The van der Waals surface area contributed by atoms with Crippen LogP contribution in [0, 0.1) is 4.78 Å². The van der Waals surface area contributed by atoms with Gasteiger partial charge in [0.1, 0.15) is 15.7 Å². The van der Waals surface area contributed by atoms with Crippen LogP contribution in [0.15, 0.2) is 65.6 Å². The van der Waals surface area contributed by atoms with E-state index in [2.05, 4.69) is 9.46 Å². The van der Waals surface area contributed by atoms with Crippen LogP contribution in [0.3, 0.4) is 0 Å². The van der Waals surface area contributed by atoms with Gasteiger partial charge in [0, 0.05) is 31.9 Å². The molecule has 0 saturated carbocycles. The Morgan fingerprint density at radius 1 is 1.00 bits per heavy atom. The third-order valence-corrected chi connectivity index (χ3v) is 8.20. The molecule has 1 saturated heterocycles. The number of aliphatic hydroxyl groups excluding tert-OH is 1. The number of nitrogens with one attached hydrogen (secondary N) is 2. The molecular weight excluding hydrogens is 554 g/mol. The Morgan fingerprint density at radius 2 is 1.57 bits per heavy atom. The average molecular weight is 574 g/mol. The van der Waals surface area contributed by atoms with Crippen molar-refractivity contribution in [3.63, 3.8) is 0 Å². The topological polar surface area (TPSA) is 96.6 Å². The van der Waals surface area contributed by atoms with Crippen LogP contribution in [0.4, 0.5) is 13.2 Å². The van der Waals surface area contributed by atoms with Crippen LogP contribution < -0.4 is 9.46 Å². The van der Waals surface area contributed by atoms with E-state index >= 15 is 0 Å². The summed E-state index contributed by atoms with van der Waals surface area (Å²) in [7, 11) is -3.71. The van der Waals surface area contributed by atoms with Gasteiger partial charge in [-0.1, -0.05) is 23.2 Å². The van der Waals surface area contributed by atoms with E-state index in [4.69, 9.17) is 32.7 Å². The molecule has 196 valence electrons. The van der Waals surface area contributed by atoms with Crippen LogP contribution in [-0.4, -0.2) is 45.6 Å². The fourth-order valence-electron chi connectivity index (χ4n) is 4.58. The molecule has 1 unspecified atom stereocenters. The lowest BCUT2D eigenvalue weighted by Crippen LogP contribution is -2.53. The minimum Gasteiger partial charge on any atom is -0.406 e. The summed E-state index contributed by atoms with van der Waals surface area (Å²) in [6, 6.07) is 13.4. The van der Waals surface area contributed by atoms with Gasteiger partial charge in [0.15, 0.2) is 0 Å². The Morgan fingerprint density at radius 3 is 2.11 bits per heavy atom. The normalized spacial score (nSPS) is 22.3. The molecule has 0 aliphatic carbocycles. The van der Waals surface area contributed by atoms with Crippen LogP contribution in [0.1, 0.15) is 6.04 Å². The number of aliphatic hydroxyl groups is 1. The number of hydrogen-bond donors (Lipinski definition) is 3. The van der Waals surface area contributed by atoms with Gasteiger partial charge in [-0.15, -0.1) is 13.2 Å². The van der Waals surface area contributed by atoms with E-state index in [-0.39, 0.29) is 18.1 Å². The first-order valence-corrected chi connectivity index (χ1v) is 13.3. The van der Waals surface area contributed by atoms with Gasteiger partial charge in [-0.2, -0.15) is 0 Å². The molecule has 4 atom stereocenters. The minimum atomic E-state index is -4.87. The number of benzene rings is 3. The maximum atomic E-state index is 13.2. The second-order valence-corrected chi connectivity index (χ2v) is 11.3. The predicted molar refractivity (Wildman–Crippen MR) is 135 cm³/mol. The number of ether oxygens (including phenoxy) is 2. The van der Waals surface area contributed by atoms with Gasteiger partial charge in [-0.05, 0) is 60.7 Å². The second-order valence-electron chi connectivity index (χ2n) is 8.59. The molecular formula is C24H20Cl2F3N3O4S. The van der Waals surface area contributed by atoms with Gasteiger partial charge >= 0.3 is 6.36 Å². The third-order valence-electron chi connectivity index (χ3n) is 6.16. The quantitative estimate of drug-likeness (QED) is 0.276. The van der Waals surface area contributed by atoms with Crippen molar-refractivity contribution in [3.8, 4) is 5.75 Å². The molecule has 0 amide bonds. The molecule has 1 aromatic heterocycles.